The van der Waals surface area contributed by atoms with E-state index in [0.29, 0.717) is 19.5 Å². The van der Waals surface area contributed by atoms with E-state index in [2.05, 4.69) is 20.0 Å². The lowest BCUT2D eigenvalue weighted by Crippen LogP contribution is -2.25. The van der Waals surface area contributed by atoms with Crippen LogP contribution in [0.1, 0.15) is 17.8 Å². The van der Waals surface area contributed by atoms with E-state index in [1.807, 2.05) is 24.6 Å². The Labute approximate surface area is 112 Å². The van der Waals surface area contributed by atoms with Gasteiger partial charge in [-0.25, -0.2) is 13.1 Å². The van der Waals surface area contributed by atoms with Gasteiger partial charge in [-0.15, -0.1) is 0 Å². The van der Waals surface area contributed by atoms with Crippen LogP contribution in [0.3, 0.4) is 0 Å². The molecule has 104 valence electrons. The van der Waals surface area contributed by atoms with Crippen LogP contribution in [-0.2, 0) is 16.6 Å². The predicted octanol–water partition coefficient (Wildman–Crippen LogP) is 0.592. The number of hydrogen-bond donors (Lipinski definition) is 2. The molecule has 0 amide bonds. The van der Waals surface area contributed by atoms with Gasteiger partial charge in [0, 0.05) is 25.0 Å². The molecule has 0 spiro atoms. The second-order valence-electron chi connectivity index (χ2n) is 4.34. The molecule has 2 aromatic heterocycles. The van der Waals surface area contributed by atoms with Crippen molar-refractivity contribution in [2.24, 2.45) is 0 Å². The van der Waals surface area contributed by atoms with Gasteiger partial charge < -0.3 is 0 Å². The molecule has 0 atom stereocenters. The van der Waals surface area contributed by atoms with Crippen molar-refractivity contribution in [2.45, 2.75) is 31.7 Å². The van der Waals surface area contributed by atoms with Crippen LogP contribution in [0.15, 0.2) is 23.4 Å². The van der Waals surface area contributed by atoms with Crippen LogP contribution in [0.2, 0.25) is 0 Å². The van der Waals surface area contributed by atoms with E-state index in [4.69, 9.17) is 0 Å². The Hall–Kier alpha value is -1.67. The third kappa shape index (κ3) is 3.42. The highest BCUT2D eigenvalue weighted by molar-refractivity contribution is 7.89. The van der Waals surface area contributed by atoms with Crippen LogP contribution >= 0.6 is 0 Å². The first-order valence-electron chi connectivity index (χ1n) is 5.98. The number of nitrogens with one attached hydrogen (secondary N) is 2. The van der Waals surface area contributed by atoms with Crippen molar-refractivity contribution in [2.75, 3.05) is 6.54 Å². The summed E-state index contributed by atoms with van der Waals surface area (Å²) in [5.74, 6) is 0. The predicted molar refractivity (Wildman–Crippen MR) is 70.1 cm³/mol. The van der Waals surface area contributed by atoms with Crippen molar-refractivity contribution in [3.63, 3.8) is 0 Å². The first-order chi connectivity index (χ1) is 8.99. The first-order valence-corrected chi connectivity index (χ1v) is 7.47. The van der Waals surface area contributed by atoms with Gasteiger partial charge in [0.2, 0.25) is 10.0 Å². The maximum atomic E-state index is 11.8. The molecule has 0 bridgehead atoms. The SMILES string of the molecule is Cc1cc(C)n(CCCNS(=O)(=O)c2cn[nH]c2)n1. The van der Waals surface area contributed by atoms with Gasteiger partial charge in [-0.05, 0) is 26.3 Å². The third-order valence-electron chi connectivity index (χ3n) is 2.73. The van der Waals surface area contributed by atoms with Crippen LogP contribution in [0.5, 0.6) is 0 Å². The molecule has 0 saturated carbocycles. The van der Waals surface area contributed by atoms with E-state index in [9.17, 15) is 8.42 Å². The summed E-state index contributed by atoms with van der Waals surface area (Å²) in [4.78, 5) is 0.151. The van der Waals surface area contributed by atoms with E-state index in [1.165, 1.54) is 12.4 Å². The van der Waals surface area contributed by atoms with Crippen molar-refractivity contribution < 1.29 is 8.42 Å². The van der Waals surface area contributed by atoms with Crippen LogP contribution in [0.25, 0.3) is 0 Å². The molecule has 2 rings (SSSR count). The van der Waals surface area contributed by atoms with Gasteiger partial charge in [-0.1, -0.05) is 0 Å². The minimum atomic E-state index is -3.45. The summed E-state index contributed by atoms with van der Waals surface area (Å²) in [5, 5.41) is 10.4. The molecule has 0 aliphatic rings. The third-order valence-corrected chi connectivity index (χ3v) is 4.15. The van der Waals surface area contributed by atoms with E-state index in [1.54, 1.807) is 0 Å². The zero-order chi connectivity index (χ0) is 13.9. The molecular formula is C11H17N5O2S. The molecule has 19 heavy (non-hydrogen) atoms. The van der Waals surface area contributed by atoms with Crippen LogP contribution in [-0.4, -0.2) is 34.9 Å². The number of aromatic amines is 1. The second-order valence-corrected chi connectivity index (χ2v) is 6.10. The standard InChI is InChI=1S/C11H17N5O2S/c1-9-6-10(2)16(15-9)5-3-4-14-19(17,18)11-7-12-13-8-11/h6-8,14H,3-5H2,1-2H3,(H,12,13). The lowest BCUT2D eigenvalue weighted by atomic mass is 10.4. The molecule has 2 N–H and O–H groups in total. The second kappa shape index (κ2) is 5.54. The highest BCUT2D eigenvalue weighted by atomic mass is 32.2. The van der Waals surface area contributed by atoms with Gasteiger partial charge in [0.05, 0.1) is 11.9 Å². The minimum absolute atomic E-state index is 0.151. The normalized spacial score (nSPS) is 11.9. The maximum absolute atomic E-state index is 11.8. The molecule has 7 nitrogen and oxygen atoms in total. The highest BCUT2D eigenvalue weighted by Gasteiger charge is 2.13. The van der Waals surface area contributed by atoms with Crippen LogP contribution in [0, 0.1) is 13.8 Å². The molecule has 0 fully saturated rings. The fourth-order valence-electron chi connectivity index (χ4n) is 1.81. The summed E-state index contributed by atoms with van der Waals surface area (Å²) in [7, 11) is -3.45. The number of nitrogens with zero attached hydrogens (tertiary/aromatic N) is 3. The number of rotatable bonds is 6. The minimum Gasteiger partial charge on any atom is -0.284 e. The molecule has 2 heterocycles. The van der Waals surface area contributed by atoms with Crippen molar-refractivity contribution in [3.8, 4) is 0 Å². The van der Waals surface area contributed by atoms with Gasteiger partial charge in [-0.3, -0.25) is 9.78 Å². The Balaban J connectivity index is 1.83. The lowest BCUT2D eigenvalue weighted by molar-refractivity contribution is 0.544. The van der Waals surface area contributed by atoms with E-state index < -0.39 is 10.0 Å². The van der Waals surface area contributed by atoms with E-state index >= 15 is 0 Å². The van der Waals surface area contributed by atoms with E-state index in [-0.39, 0.29) is 4.90 Å². The number of sulfonamides is 1. The summed E-state index contributed by atoms with van der Waals surface area (Å²) in [5.41, 5.74) is 2.05. The number of H-pyrrole nitrogens is 1. The number of aromatic nitrogens is 4. The topological polar surface area (TPSA) is 92.7 Å². The molecule has 0 aromatic carbocycles. The Kier molecular flexibility index (Phi) is 4.01. The summed E-state index contributed by atoms with van der Waals surface area (Å²) < 4.78 is 28.0. The zero-order valence-electron chi connectivity index (χ0n) is 10.9. The zero-order valence-corrected chi connectivity index (χ0v) is 11.7. The van der Waals surface area contributed by atoms with Gasteiger partial charge in [-0.2, -0.15) is 10.2 Å². The fraction of sp³-hybridized carbons (Fsp3) is 0.455. The summed E-state index contributed by atoms with van der Waals surface area (Å²) in [6.07, 6.45) is 3.31. The summed E-state index contributed by atoms with van der Waals surface area (Å²) in [6, 6.07) is 2.00. The first kappa shape index (κ1) is 13.8. The van der Waals surface area contributed by atoms with Gasteiger partial charge in [0.1, 0.15) is 4.90 Å². The molecule has 0 aliphatic heterocycles. The Morgan fingerprint density at radius 1 is 1.42 bits per heavy atom. The molecule has 8 heteroatoms. The van der Waals surface area contributed by atoms with Gasteiger partial charge in [0.15, 0.2) is 0 Å². The molecule has 2 aromatic rings. The largest absolute Gasteiger partial charge is 0.284 e. The van der Waals surface area contributed by atoms with Crippen LogP contribution < -0.4 is 4.72 Å². The summed E-state index contributed by atoms with van der Waals surface area (Å²) in [6.45, 7) is 4.97. The molecule has 0 aliphatic carbocycles. The Morgan fingerprint density at radius 3 is 2.79 bits per heavy atom. The molecule has 0 unspecified atom stereocenters. The lowest BCUT2D eigenvalue weighted by Gasteiger charge is -2.06. The number of hydrogen-bond acceptors (Lipinski definition) is 4. The van der Waals surface area contributed by atoms with E-state index in [0.717, 1.165) is 11.4 Å². The van der Waals surface area contributed by atoms with Crippen LogP contribution in [0.4, 0.5) is 0 Å². The van der Waals surface area contributed by atoms with Gasteiger partial charge in [0.25, 0.3) is 0 Å². The van der Waals surface area contributed by atoms with Crippen molar-refractivity contribution in [3.05, 3.63) is 29.8 Å². The number of aryl methyl sites for hydroxylation is 3. The molecule has 0 radical (unpaired) electrons. The highest BCUT2D eigenvalue weighted by Crippen LogP contribution is 2.05. The van der Waals surface area contributed by atoms with Gasteiger partial charge >= 0.3 is 0 Å². The van der Waals surface area contributed by atoms with Crippen molar-refractivity contribution in [1.29, 1.82) is 0 Å². The quantitative estimate of drug-likeness (QED) is 0.759. The average Bonchev–Trinajstić information content (AvgIpc) is 2.95. The monoisotopic (exact) mass is 283 g/mol. The smallest absolute Gasteiger partial charge is 0.243 e. The molecular weight excluding hydrogens is 266 g/mol. The summed E-state index contributed by atoms with van der Waals surface area (Å²) >= 11 is 0. The maximum Gasteiger partial charge on any atom is 0.243 e. The Morgan fingerprint density at radius 2 is 2.21 bits per heavy atom. The Bertz CT molecular complexity index is 630. The fourth-order valence-corrected chi connectivity index (χ4v) is 2.79. The van der Waals surface area contributed by atoms with Crippen molar-refractivity contribution >= 4 is 10.0 Å². The molecule has 0 saturated heterocycles. The average molecular weight is 283 g/mol. The van der Waals surface area contributed by atoms with Crippen molar-refractivity contribution in [1.82, 2.24) is 24.7 Å².